The first-order chi connectivity index (χ1) is 13.0. The molecule has 2 amide bonds. The van der Waals surface area contributed by atoms with Gasteiger partial charge in [0.25, 0.3) is 5.91 Å². The zero-order valence-electron chi connectivity index (χ0n) is 14.6. The fraction of sp³-hybridized carbons (Fsp3) is 0.250. The van der Waals surface area contributed by atoms with Crippen LogP contribution in [0, 0.1) is 11.8 Å². The number of primary amides is 1. The van der Waals surface area contributed by atoms with Crippen molar-refractivity contribution >= 4 is 34.1 Å². The number of allylic oxidation sites excluding steroid dienone is 2. The van der Waals surface area contributed by atoms with Crippen molar-refractivity contribution in [3.8, 4) is 0 Å². The topological polar surface area (TPSA) is 109 Å². The Morgan fingerprint density at radius 1 is 1.11 bits per heavy atom. The van der Waals surface area contributed by atoms with E-state index in [4.69, 9.17) is 5.73 Å². The van der Waals surface area contributed by atoms with Gasteiger partial charge in [0.15, 0.2) is 0 Å². The van der Waals surface area contributed by atoms with E-state index in [1.54, 1.807) is 12.1 Å². The summed E-state index contributed by atoms with van der Waals surface area (Å²) >= 11 is 1.29. The van der Waals surface area contributed by atoms with E-state index in [0.717, 1.165) is 10.4 Å². The first-order valence-corrected chi connectivity index (χ1v) is 9.42. The van der Waals surface area contributed by atoms with Crippen molar-refractivity contribution in [3.05, 3.63) is 64.6 Å². The minimum absolute atomic E-state index is 0.248. The lowest BCUT2D eigenvalue weighted by Crippen LogP contribution is -2.34. The summed E-state index contributed by atoms with van der Waals surface area (Å²) in [4.78, 5) is 36.8. The van der Waals surface area contributed by atoms with Crippen molar-refractivity contribution in [2.45, 2.75) is 19.3 Å². The van der Waals surface area contributed by atoms with Crippen LogP contribution in [0.15, 0.2) is 48.6 Å². The molecule has 7 heteroatoms. The van der Waals surface area contributed by atoms with Crippen molar-refractivity contribution in [2.24, 2.45) is 17.6 Å². The molecule has 2 atom stereocenters. The van der Waals surface area contributed by atoms with Crippen molar-refractivity contribution in [3.63, 3.8) is 0 Å². The standard InChI is InChI=1S/C20H20N2O4S/c21-17(23)16-11-13(10-12-6-2-1-3-7-12)27-19(16)22-18(24)14-8-4-5-9-15(14)20(25)26/h1-7,11,14-15H,8-10H2,(H2,21,23)(H,22,24)(H,25,26)/t14-,15-/m1/s1. The van der Waals surface area contributed by atoms with Crippen molar-refractivity contribution < 1.29 is 19.5 Å². The highest BCUT2D eigenvalue weighted by molar-refractivity contribution is 7.16. The highest BCUT2D eigenvalue weighted by atomic mass is 32.1. The first-order valence-electron chi connectivity index (χ1n) is 8.61. The Labute approximate surface area is 160 Å². The molecule has 0 saturated carbocycles. The Morgan fingerprint density at radius 3 is 2.41 bits per heavy atom. The van der Waals surface area contributed by atoms with Crippen LogP contribution in [0.3, 0.4) is 0 Å². The molecule has 0 radical (unpaired) electrons. The second-order valence-corrected chi connectivity index (χ2v) is 7.60. The fourth-order valence-electron chi connectivity index (χ4n) is 3.18. The van der Waals surface area contributed by atoms with Gasteiger partial charge in [-0.1, -0.05) is 42.5 Å². The zero-order chi connectivity index (χ0) is 19.4. The number of nitrogens with one attached hydrogen (secondary N) is 1. The Hall–Kier alpha value is -2.93. The van der Waals surface area contributed by atoms with Gasteiger partial charge in [-0.2, -0.15) is 0 Å². The quantitative estimate of drug-likeness (QED) is 0.665. The number of carbonyl (C=O) groups is 3. The Kier molecular flexibility index (Phi) is 5.71. The number of nitrogens with two attached hydrogens (primary N) is 1. The van der Waals surface area contributed by atoms with Crippen LogP contribution in [0.1, 0.15) is 33.6 Å². The van der Waals surface area contributed by atoms with Crippen LogP contribution in [0.25, 0.3) is 0 Å². The first kappa shape index (κ1) is 18.8. The van der Waals surface area contributed by atoms with Crippen LogP contribution in [-0.4, -0.2) is 22.9 Å². The van der Waals surface area contributed by atoms with E-state index < -0.39 is 29.6 Å². The molecule has 0 fully saturated rings. The third-order valence-electron chi connectivity index (χ3n) is 4.59. The number of benzene rings is 1. The van der Waals surface area contributed by atoms with Gasteiger partial charge in [-0.05, 0) is 24.5 Å². The summed E-state index contributed by atoms with van der Waals surface area (Å²) in [6.07, 6.45) is 4.89. The lowest BCUT2D eigenvalue weighted by atomic mass is 9.82. The van der Waals surface area contributed by atoms with E-state index in [2.05, 4.69) is 5.32 Å². The van der Waals surface area contributed by atoms with Gasteiger partial charge >= 0.3 is 5.97 Å². The van der Waals surface area contributed by atoms with Gasteiger partial charge in [-0.25, -0.2) is 0 Å². The molecule has 0 bridgehead atoms. The molecule has 4 N–H and O–H groups in total. The number of hydrogen-bond acceptors (Lipinski definition) is 4. The van der Waals surface area contributed by atoms with E-state index in [-0.39, 0.29) is 5.56 Å². The smallest absolute Gasteiger partial charge is 0.307 e. The summed E-state index contributed by atoms with van der Waals surface area (Å²) in [5, 5.41) is 12.5. The maximum atomic E-state index is 12.7. The molecule has 1 heterocycles. The minimum Gasteiger partial charge on any atom is -0.481 e. The third kappa shape index (κ3) is 4.43. The van der Waals surface area contributed by atoms with E-state index in [9.17, 15) is 19.5 Å². The lowest BCUT2D eigenvalue weighted by Gasteiger charge is -2.24. The van der Waals surface area contributed by atoms with Crippen LogP contribution in [0.4, 0.5) is 5.00 Å². The number of hydrogen-bond donors (Lipinski definition) is 3. The molecule has 140 valence electrons. The molecule has 3 rings (SSSR count). The lowest BCUT2D eigenvalue weighted by molar-refractivity contribution is -0.146. The van der Waals surface area contributed by atoms with Gasteiger partial charge in [0, 0.05) is 11.3 Å². The van der Waals surface area contributed by atoms with Crippen LogP contribution < -0.4 is 11.1 Å². The molecule has 6 nitrogen and oxygen atoms in total. The van der Waals surface area contributed by atoms with Gasteiger partial charge in [-0.3, -0.25) is 14.4 Å². The molecule has 2 aromatic rings. The van der Waals surface area contributed by atoms with Gasteiger partial charge < -0.3 is 16.2 Å². The summed E-state index contributed by atoms with van der Waals surface area (Å²) < 4.78 is 0. The second-order valence-electron chi connectivity index (χ2n) is 6.47. The number of amides is 2. The Bertz CT molecular complexity index is 889. The molecule has 0 unspecified atom stereocenters. The molecule has 0 aliphatic heterocycles. The van der Waals surface area contributed by atoms with Crippen molar-refractivity contribution in [2.75, 3.05) is 5.32 Å². The average Bonchev–Trinajstić information content (AvgIpc) is 3.05. The molecule has 1 aliphatic rings. The number of carboxylic acid groups (broad SMARTS) is 1. The molecule has 27 heavy (non-hydrogen) atoms. The largest absolute Gasteiger partial charge is 0.481 e. The summed E-state index contributed by atoms with van der Waals surface area (Å²) in [7, 11) is 0. The van der Waals surface area contributed by atoms with Crippen LogP contribution in [-0.2, 0) is 16.0 Å². The van der Waals surface area contributed by atoms with Crippen LogP contribution >= 0.6 is 11.3 Å². The number of anilines is 1. The summed E-state index contributed by atoms with van der Waals surface area (Å²) in [5.74, 6) is -3.46. The molecular weight excluding hydrogens is 364 g/mol. The number of carbonyl (C=O) groups excluding carboxylic acids is 2. The normalized spacial score (nSPS) is 18.8. The molecular formula is C20H20N2O4S. The fourth-order valence-corrected chi connectivity index (χ4v) is 4.28. The van der Waals surface area contributed by atoms with E-state index >= 15 is 0 Å². The minimum atomic E-state index is -0.995. The Balaban J connectivity index is 1.81. The summed E-state index contributed by atoms with van der Waals surface area (Å²) in [5.41, 5.74) is 6.79. The third-order valence-corrected chi connectivity index (χ3v) is 5.64. The van der Waals surface area contributed by atoms with Crippen molar-refractivity contribution in [1.82, 2.24) is 0 Å². The highest BCUT2D eigenvalue weighted by Gasteiger charge is 2.34. The molecule has 0 spiro atoms. The second kappa shape index (κ2) is 8.18. The van der Waals surface area contributed by atoms with E-state index in [0.29, 0.717) is 24.3 Å². The predicted octanol–water partition coefficient (Wildman–Crippen LogP) is 3.04. The number of aliphatic carboxylic acids is 1. The number of rotatable bonds is 6. The van der Waals surface area contributed by atoms with Crippen molar-refractivity contribution in [1.29, 1.82) is 0 Å². The summed E-state index contributed by atoms with van der Waals surface area (Å²) in [6.45, 7) is 0. The number of thiophene rings is 1. The maximum absolute atomic E-state index is 12.7. The van der Waals surface area contributed by atoms with Crippen LogP contribution in [0.5, 0.6) is 0 Å². The SMILES string of the molecule is NC(=O)c1cc(Cc2ccccc2)sc1NC(=O)[C@@H]1CC=CC[C@H]1C(=O)O. The highest BCUT2D eigenvalue weighted by Crippen LogP contribution is 2.32. The molecule has 1 aromatic carbocycles. The average molecular weight is 384 g/mol. The maximum Gasteiger partial charge on any atom is 0.307 e. The van der Waals surface area contributed by atoms with Gasteiger partial charge in [-0.15, -0.1) is 11.3 Å². The molecule has 1 aliphatic carbocycles. The van der Waals surface area contributed by atoms with Gasteiger partial charge in [0.2, 0.25) is 5.91 Å². The number of carboxylic acids is 1. The van der Waals surface area contributed by atoms with E-state index in [1.165, 1.54) is 11.3 Å². The van der Waals surface area contributed by atoms with E-state index in [1.807, 2.05) is 36.4 Å². The Morgan fingerprint density at radius 2 is 1.78 bits per heavy atom. The zero-order valence-corrected chi connectivity index (χ0v) is 15.4. The molecule has 1 aromatic heterocycles. The predicted molar refractivity (Wildman–Crippen MR) is 104 cm³/mol. The molecule has 0 saturated heterocycles. The monoisotopic (exact) mass is 384 g/mol. The van der Waals surface area contributed by atoms with Crippen LogP contribution in [0.2, 0.25) is 0 Å². The van der Waals surface area contributed by atoms with Gasteiger partial charge in [0.1, 0.15) is 5.00 Å². The van der Waals surface area contributed by atoms with Gasteiger partial charge in [0.05, 0.1) is 17.4 Å². The summed E-state index contributed by atoms with van der Waals surface area (Å²) in [6, 6.07) is 11.4.